The Hall–Kier alpha value is -9.70. The van der Waals surface area contributed by atoms with Crippen LogP contribution in [-0.4, -0.2) is 185 Å². The summed E-state index contributed by atoms with van der Waals surface area (Å²) in [4.78, 5) is 176. The van der Waals surface area contributed by atoms with Crippen molar-refractivity contribution in [1.82, 2.24) is 57.3 Å². The molecule has 0 bridgehead atoms. The molecule has 29 heteroatoms. The van der Waals surface area contributed by atoms with Gasteiger partial charge in [-0.3, -0.25) is 67.7 Å². The van der Waals surface area contributed by atoms with Crippen molar-refractivity contribution in [2.45, 2.75) is 164 Å². The molecule has 3 fully saturated rings. The summed E-state index contributed by atoms with van der Waals surface area (Å²) < 4.78 is 0. The van der Waals surface area contributed by atoms with Gasteiger partial charge in [0.15, 0.2) is 11.9 Å². The van der Waals surface area contributed by atoms with Crippen LogP contribution in [0.5, 0.6) is 0 Å². The van der Waals surface area contributed by atoms with Gasteiger partial charge in [0.05, 0.1) is 0 Å². The standard InChI is InChI=1S/C61H84N18O11/c1-35(80)71-44-24-22-39(81)23-25-45(58(89)79-30-12-21-50(79)59(90)78-29-11-20-49(78)57(88)73-42(51(82)66-2)18-9-27-68-60(62)63)74-55(86)47(32-37-34-70-41-17-7-6-16-40(37)41)76-52(83)43(19-10-28-69-61(64)65)72-54(85)46(31-36-13-4-3-5-14-36)75-56(87)48(77-53(44)84)33-38-15-8-26-67-38/h3-7,13-17,26,34,42-50,70H,8-12,18-25,27-33H2,1-2H3,(H,66,82)(H,71,80)(H,72,85)(H,73,88)(H,74,86)(H,75,87)(H,76,83)(H,77,84)(H4,62,63,68)(H4,64,65,69)/t42-,43-,44-,45-,46+,47-,48-,49-,50-/m0/s1. The molecule has 10 amide bonds. The van der Waals surface area contributed by atoms with Crippen molar-refractivity contribution in [3.63, 3.8) is 0 Å². The molecule has 5 heterocycles. The fourth-order valence-electron chi connectivity index (χ4n) is 11.6. The zero-order valence-electron chi connectivity index (χ0n) is 50.8. The lowest BCUT2D eigenvalue weighted by Gasteiger charge is -2.33. The third-order valence-corrected chi connectivity index (χ3v) is 16.2. The fraction of sp³-hybridized carbons (Fsp3) is 0.508. The zero-order valence-corrected chi connectivity index (χ0v) is 50.8. The van der Waals surface area contributed by atoms with Gasteiger partial charge in [0, 0.05) is 108 Å². The van der Waals surface area contributed by atoms with Crippen LogP contribution >= 0.6 is 0 Å². The Morgan fingerprint density at radius 1 is 0.667 bits per heavy atom. The van der Waals surface area contributed by atoms with Gasteiger partial charge >= 0.3 is 0 Å². The van der Waals surface area contributed by atoms with Crippen molar-refractivity contribution in [3.05, 3.63) is 83.7 Å². The molecule has 0 saturated carbocycles. The van der Waals surface area contributed by atoms with E-state index >= 15 is 14.4 Å². The van der Waals surface area contributed by atoms with E-state index in [1.807, 2.05) is 18.2 Å². The molecule has 3 aromatic rings. The fourth-order valence-corrected chi connectivity index (χ4v) is 11.6. The van der Waals surface area contributed by atoms with Crippen LogP contribution in [0.1, 0.15) is 108 Å². The molecule has 9 atom stereocenters. The smallest absolute Gasteiger partial charge is 0.246 e. The average Bonchev–Trinajstić information content (AvgIpc) is 1.81. The third-order valence-electron chi connectivity index (χ3n) is 16.2. The SMILES string of the molecule is CNC(=O)[C@H](CCCN=C(N)N)NC(=O)[C@@H]1CCCN1C(=O)[C@@H]1CCCN1C(=O)[C@@H]1CCC(=O)CC[C@H](NC(C)=O)C(=O)N[C@@H](CC2=CCC=N2)C(=O)N[C@H](Cc2ccccc2)C(=O)N[C@@H](CCCN=C(N)N)C(=O)N[C@@H](Cc2c[nH]c3ccccc23)C(=O)N1. The molecule has 17 N–H and O–H groups in total. The number of likely N-dealkylation sites (tertiary alicyclic amines) is 2. The number of aromatic nitrogens is 1. The predicted octanol–water partition coefficient (Wildman–Crippen LogP) is -1.91. The molecule has 3 saturated heterocycles. The lowest BCUT2D eigenvalue weighted by atomic mass is 9.99. The van der Waals surface area contributed by atoms with E-state index in [9.17, 15) is 38.4 Å². The highest BCUT2D eigenvalue weighted by molar-refractivity contribution is 6.00. The molecule has 4 aliphatic rings. The molecule has 2 aromatic carbocycles. The largest absolute Gasteiger partial charge is 0.370 e. The summed E-state index contributed by atoms with van der Waals surface area (Å²) in [7, 11) is 1.43. The summed E-state index contributed by atoms with van der Waals surface area (Å²) in [5, 5.41) is 22.6. The van der Waals surface area contributed by atoms with E-state index in [2.05, 4.69) is 62.5 Å². The Morgan fingerprint density at radius 3 is 1.92 bits per heavy atom. The highest BCUT2D eigenvalue weighted by Crippen LogP contribution is 2.27. The third kappa shape index (κ3) is 19.4. The molecule has 0 unspecified atom stereocenters. The minimum Gasteiger partial charge on any atom is -0.370 e. The van der Waals surface area contributed by atoms with E-state index in [0.29, 0.717) is 53.4 Å². The van der Waals surface area contributed by atoms with E-state index in [1.165, 1.54) is 23.8 Å². The van der Waals surface area contributed by atoms with Crippen LogP contribution in [0.25, 0.3) is 10.9 Å². The normalized spacial score (nSPS) is 23.4. The van der Waals surface area contributed by atoms with E-state index < -0.39 is 119 Å². The number of nitrogens with two attached hydrogens (primary N) is 4. The Bertz CT molecular complexity index is 3230. The number of fused-ring (bicyclic) bond motifs is 1. The van der Waals surface area contributed by atoms with E-state index in [0.717, 1.165) is 0 Å². The Labute approximate surface area is 521 Å². The van der Waals surface area contributed by atoms with Crippen molar-refractivity contribution in [1.29, 1.82) is 0 Å². The number of likely N-dealkylation sites (N-methyl/N-ethyl adjacent to an activating group) is 1. The highest BCUT2D eigenvalue weighted by atomic mass is 16.2. The molecular weight excluding hydrogens is 1160 g/mol. The number of guanidine groups is 2. The Morgan fingerprint density at radius 2 is 1.26 bits per heavy atom. The van der Waals surface area contributed by atoms with Crippen molar-refractivity contribution in [3.8, 4) is 0 Å². The van der Waals surface area contributed by atoms with Crippen molar-refractivity contribution in [2.24, 2.45) is 37.9 Å². The number of rotatable bonds is 20. The van der Waals surface area contributed by atoms with E-state index in [-0.39, 0.29) is 115 Å². The second-order valence-corrected chi connectivity index (χ2v) is 22.8. The van der Waals surface area contributed by atoms with E-state index in [4.69, 9.17) is 22.9 Å². The molecule has 90 heavy (non-hydrogen) atoms. The maximum absolute atomic E-state index is 15.3. The quantitative estimate of drug-likeness (QED) is 0.0334. The Kier molecular flexibility index (Phi) is 24.9. The molecule has 29 nitrogen and oxygen atoms in total. The number of Topliss-reactive ketones (excluding diaryl/α,β-unsaturated/α-hetero) is 1. The van der Waals surface area contributed by atoms with Crippen LogP contribution in [-0.2, 0) is 65.6 Å². The molecule has 484 valence electrons. The number of carbonyl (C=O) groups is 11. The average molecular weight is 1250 g/mol. The van der Waals surface area contributed by atoms with Crippen molar-refractivity contribution >= 4 is 93.9 Å². The summed E-state index contributed by atoms with van der Waals surface area (Å²) in [6.07, 6.45) is 5.61. The maximum atomic E-state index is 15.3. The number of H-pyrrole nitrogens is 1. The number of para-hydroxylation sites is 1. The monoisotopic (exact) mass is 1240 g/mol. The summed E-state index contributed by atoms with van der Waals surface area (Å²) in [6, 6.07) is 4.32. The van der Waals surface area contributed by atoms with Gasteiger partial charge in [-0.15, -0.1) is 0 Å². The predicted molar refractivity (Wildman–Crippen MR) is 334 cm³/mol. The molecule has 0 radical (unpaired) electrons. The summed E-state index contributed by atoms with van der Waals surface area (Å²) in [5.41, 5.74) is 24.6. The second-order valence-electron chi connectivity index (χ2n) is 22.8. The molecule has 1 aromatic heterocycles. The first kappa shape index (κ1) is 67.8. The summed E-state index contributed by atoms with van der Waals surface area (Å²) in [5.74, 6) is -7.94. The van der Waals surface area contributed by atoms with Gasteiger partial charge < -0.3 is 80.3 Å². The summed E-state index contributed by atoms with van der Waals surface area (Å²) >= 11 is 0. The van der Waals surface area contributed by atoms with Gasteiger partial charge in [-0.1, -0.05) is 54.6 Å². The molecule has 0 aliphatic carbocycles. The minimum absolute atomic E-state index is 0.0274. The van der Waals surface area contributed by atoms with Gasteiger partial charge in [-0.05, 0) is 81.4 Å². The van der Waals surface area contributed by atoms with Crippen LogP contribution in [0.3, 0.4) is 0 Å². The van der Waals surface area contributed by atoms with Crippen LogP contribution in [0.2, 0.25) is 0 Å². The number of aliphatic imine (C=N–C) groups is 3. The number of amides is 10. The van der Waals surface area contributed by atoms with Crippen LogP contribution in [0.4, 0.5) is 0 Å². The number of nitrogens with one attached hydrogen (secondary N) is 9. The lowest BCUT2D eigenvalue weighted by Crippen LogP contribution is -2.60. The Balaban J connectivity index is 1.24. The van der Waals surface area contributed by atoms with Crippen LogP contribution in [0, 0.1) is 0 Å². The number of allylic oxidation sites excluding steroid dienone is 1. The number of nitrogens with zero attached hydrogens (tertiary/aromatic N) is 5. The van der Waals surface area contributed by atoms with Gasteiger partial charge in [0.25, 0.3) is 0 Å². The maximum Gasteiger partial charge on any atom is 0.246 e. The molecule has 7 rings (SSSR count). The first-order valence-electron chi connectivity index (χ1n) is 30.5. The van der Waals surface area contributed by atoms with Gasteiger partial charge in [-0.2, -0.15) is 0 Å². The topological polar surface area (TPSA) is 447 Å². The number of ketones is 1. The van der Waals surface area contributed by atoms with Crippen LogP contribution in [0.15, 0.2) is 87.5 Å². The number of hydrogen-bond donors (Lipinski definition) is 13. The number of aromatic amines is 1. The first-order valence-corrected chi connectivity index (χ1v) is 30.5. The van der Waals surface area contributed by atoms with Crippen molar-refractivity contribution < 1.29 is 52.7 Å². The zero-order chi connectivity index (χ0) is 64.9. The van der Waals surface area contributed by atoms with Crippen molar-refractivity contribution in [2.75, 3.05) is 33.2 Å². The number of benzene rings is 2. The lowest BCUT2D eigenvalue weighted by molar-refractivity contribution is -0.148. The molecule has 0 spiro atoms. The van der Waals surface area contributed by atoms with E-state index in [1.54, 1.807) is 54.9 Å². The summed E-state index contributed by atoms with van der Waals surface area (Å²) in [6.45, 7) is 1.62. The van der Waals surface area contributed by atoms with Crippen LogP contribution < -0.4 is 65.5 Å². The second kappa shape index (κ2) is 33.0. The first-order chi connectivity index (χ1) is 43.2. The van der Waals surface area contributed by atoms with Gasteiger partial charge in [0.1, 0.15) is 60.2 Å². The molecular formula is C61H84N18O11. The minimum atomic E-state index is -1.52. The van der Waals surface area contributed by atoms with Gasteiger partial charge in [0.2, 0.25) is 59.1 Å². The molecule has 4 aliphatic heterocycles. The number of hydrogen-bond acceptors (Lipinski definition) is 14. The highest BCUT2D eigenvalue weighted by Gasteiger charge is 2.45. The number of carbonyl (C=O) groups excluding carboxylic acids is 11. The van der Waals surface area contributed by atoms with Gasteiger partial charge in [-0.25, -0.2) is 0 Å².